The van der Waals surface area contributed by atoms with Crippen molar-refractivity contribution in [3.05, 3.63) is 59.2 Å². The molecular weight excluding hydrogens is 376 g/mol. The number of amides is 1. The molecule has 1 aromatic carbocycles. The number of carbonyl (C=O) groups excluding carboxylic acids is 1. The molecule has 28 heavy (non-hydrogen) atoms. The topological polar surface area (TPSA) is 90.1 Å². The molecule has 1 N–H and O–H groups in total. The van der Waals surface area contributed by atoms with Gasteiger partial charge >= 0.3 is 6.01 Å². The van der Waals surface area contributed by atoms with E-state index in [-0.39, 0.29) is 18.3 Å². The number of benzene rings is 1. The van der Waals surface area contributed by atoms with Crippen molar-refractivity contribution in [3.8, 4) is 10.7 Å². The molecule has 8 heteroatoms. The number of pyridine rings is 1. The van der Waals surface area contributed by atoms with Crippen LogP contribution in [0, 0.1) is 0 Å². The first-order valence-electron chi connectivity index (χ1n) is 8.75. The summed E-state index contributed by atoms with van der Waals surface area (Å²) in [4.78, 5) is 25.4. The van der Waals surface area contributed by atoms with Crippen LogP contribution >= 0.6 is 11.3 Å². The fourth-order valence-electron chi connectivity index (χ4n) is 2.72. The van der Waals surface area contributed by atoms with Gasteiger partial charge in [-0.25, -0.2) is 4.98 Å². The highest BCUT2D eigenvalue weighted by Crippen LogP contribution is 2.23. The van der Waals surface area contributed by atoms with Gasteiger partial charge in [0.25, 0.3) is 0 Å². The Kier molecular flexibility index (Phi) is 5.41. The van der Waals surface area contributed by atoms with Crippen LogP contribution in [0.15, 0.2) is 52.4 Å². The minimum absolute atomic E-state index is 0.140. The number of thiazole rings is 1. The van der Waals surface area contributed by atoms with Crippen molar-refractivity contribution in [1.82, 2.24) is 15.0 Å². The van der Waals surface area contributed by atoms with Gasteiger partial charge in [0, 0.05) is 18.7 Å². The first-order valence-corrected chi connectivity index (χ1v) is 9.63. The van der Waals surface area contributed by atoms with Crippen LogP contribution < -0.4 is 5.32 Å². The van der Waals surface area contributed by atoms with Gasteiger partial charge in [-0.05, 0) is 36.2 Å². The summed E-state index contributed by atoms with van der Waals surface area (Å²) in [6.45, 7) is 0.640. The number of rotatable bonds is 7. The van der Waals surface area contributed by atoms with Crippen molar-refractivity contribution >= 4 is 34.4 Å². The third kappa shape index (κ3) is 4.24. The van der Waals surface area contributed by atoms with Crippen molar-refractivity contribution in [2.45, 2.75) is 12.8 Å². The van der Waals surface area contributed by atoms with Crippen LogP contribution in [0.4, 0.5) is 6.01 Å². The maximum atomic E-state index is 12.3. The van der Waals surface area contributed by atoms with Crippen LogP contribution in [0.25, 0.3) is 21.8 Å². The van der Waals surface area contributed by atoms with Gasteiger partial charge in [-0.3, -0.25) is 15.1 Å². The number of carbonyl (C=O) groups is 1. The van der Waals surface area contributed by atoms with Crippen molar-refractivity contribution in [2.75, 3.05) is 19.0 Å². The predicted molar refractivity (Wildman–Crippen MR) is 107 cm³/mol. The average molecular weight is 394 g/mol. The van der Waals surface area contributed by atoms with Gasteiger partial charge in [-0.2, -0.15) is 4.98 Å². The Morgan fingerprint density at radius 1 is 1.25 bits per heavy atom. The number of fused-ring (bicyclic) bond motifs is 1. The van der Waals surface area contributed by atoms with Crippen molar-refractivity contribution in [3.63, 3.8) is 0 Å². The van der Waals surface area contributed by atoms with Crippen molar-refractivity contribution < 1.29 is 13.9 Å². The van der Waals surface area contributed by atoms with E-state index >= 15 is 0 Å². The number of anilines is 1. The van der Waals surface area contributed by atoms with E-state index in [2.05, 4.69) is 20.3 Å². The summed E-state index contributed by atoms with van der Waals surface area (Å²) in [6.07, 6.45) is 2.65. The molecule has 142 valence electrons. The van der Waals surface area contributed by atoms with E-state index in [0.29, 0.717) is 23.4 Å². The summed E-state index contributed by atoms with van der Waals surface area (Å²) < 4.78 is 10.7. The molecule has 0 saturated heterocycles. The van der Waals surface area contributed by atoms with E-state index in [1.807, 2.05) is 41.8 Å². The van der Waals surface area contributed by atoms with Crippen LogP contribution in [-0.2, 0) is 22.4 Å². The van der Waals surface area contributed by atoms with Gasteiger partial charge in [0.2, 0.25) is 5.91 Å². The number of hydrogen-bond donors (Lipinski definition) is 1. The fourth-order valence-corrected chi connectivity index (χ4v) is 3.52. The molecule has 0 fully saturated rings. The summed E-state index contributed by atoms with van der Waals surface area (Å²) in [5.41, 5.74) is 3.91. The van der Waals surface area contributed by atoms with Crippen LogP contribution in [0.3, 0.4) is 0 Å². The normalized spacial score (nSPS) is 11.0. The Bertz CT molecular complexity index is 1090. The molecule has 0 unspecified atom stereocenters. The first kappa shape index (κ1) is 18.3. The van der Waals surface area contributed by atoms with Gasteiger partial charge in [-0.15, -0.1) is 11.3 Å². The van der Waals surface area contributed by atoms with Crippen molar-refractivity contribution in [2.24, 2.45) is 0 Å². The second kappa shape index (κ2) is 8.28. The molecule has 1 amide bonds. The van der Waals surface area contributed by atoms with Crippen molar-refractivity contribution in [1.29, 1.82) is 0 Å². The highest BCUT2D eigenvalue weighted by molar-refractivity contribution is 7.13. The van der Waals surface area contributed by atoms with Crippen LogP contribution in [-0.4, -0.2) is 34.6 Å². The molecule has 4 rings (SSSR count). The van der Waals surface area contributed by atoms with Crippen LogP contribution in [0.5, 0.6) is 0 Å². The summed E-state index contributed by atoms with van der Waals surface area (Å²) >= 11 is 1.46. The second-order valence-corrected chi connectivity index (χ2v) is 7.01. The minimum Gasteiger partial charge on any atom is -0.423 e. The molecule has 0 aliphatic carbocycles. The lowest BCUT2D eigenvalue weighted by atomic mass is 10.1. The summed E-state index contributed by atoms with van der Waals surface area (Å²) in [5, 5.41) is 5.34. The van der Waals surface area contributed by atoms with Gasteiger partial charge in [0.15, 0.2) is 5.58 Å². The summed E-state index contributed by atoms with van der Waals surface area (Å²) in [6, 6.07) is 11.6. The SMILES string of the molecule is COCCc1ccc2oc(NC(=O)Cc3csc(-c4ccccn4)n3)nc2c1. The maximum Gasteiger partial charge on any atom is 0.302 e. The highest BCUT2D eigenvalue weighted by atomic mass is 32.1. The number of nitrogens with zero attached hydrogens (tertiary/aromatic N) is 3. The zero-order valence-electron chi connectivity index (χ0n) is 15.2. The van der Waals surface area contributed by atoms with Gasteiger partial charge in [0.1, 0.15) is 10.5 Å². The maximum absolute atomic E-state index is 12.3. The van der Waals surface area contributed by atoms with E-state index in [1.54, 1.807) is 13.3 Å². The number of aromatic nitrogens is 3. The quantitative estimate of drug-likeness (QED) is 0.514. The molecule has 3 aromatic heterocycles. The van der Waals surface area contributed by atoms with E-state index in [0.717, 1.165) is 22.7 Å². The number of oxazole rings is 1. The zero-order chi connectivity index (χ0) is 19.3. The zero-order valence-corrected chi connectivity index (χ0v) is 16.0. The molecule has 0 atom stereocenters. The van der Waals surface area contributed by atoms with Crippen LogP contribution in [0.2, 0.25) is 0 Å². The Morgan fingerprint density at radius 3 is 3.00 bits per heavy atom. The van der Waals surface area contributed by atoms with E-state index in [9.17, 15) is 4.79 Å². The van der Waals surface area contributed by atoms with E-state index in [1.165, 1.54) is 11.3 Å². The Hall–Kier alpha value is -3.10. The lowest BCUT2D eigenvalue weighted by Crippen LogP contribution is -2.14. The smallest absolute Gasteiger partial charge is 0.302 e. The average Bonchev–Trinajstić information content (AvgIpc) is 3.33. The van der Waals surface area contributed by atoms with E-state index < -0.39 is 0 Å². The molecule has 3 heterocycles. The third-order valence-electron chi connectivity index (χ3n) is 4.07. The number of nitrogens with one attached hydrogen (secondary N) is 1. The summed E-state index contributed by atoms with van der Waals surface area (Å²) in [7, 11) is 1.67. The van der Waals surface area contributed by atoms with Gasteiger partial charge < -0.3 is 9.15 Å². The first-order chi connectivity index (χ1) is 13.7. The van der Waals surface area contributed by atoms with E-state index in [4.69, 9.17) is 9.15 Å². The van der Waals surface area contributed by atoms with Crippen LogP contribution in [0.1, 0.15) is 11.3 Å². The third-order valence-corrected chi connectivity index (χ3v) is 4.98. The van der Waals surface area contributed by atoms with Gasteiger partial charge in [0.05, 0.1) is 24.4 Å². The molecule has 0 saturated carbocycles. The lowest BCUT2D eigenvalue weighted by Gasteiger charge is -1.98. The standard InChI is InChI=1S/C20H18N4O3S/c1-26-9-7-13-5-6-17-16(10-13)23-20(27-17)24-18(25)11-14-12-28-19(22-14)15-4-2-3-8-21-15/h2-6,8,10,12H,7,9,11H2,1H3,(H,23,24,25). The number of hydrogen-bond acceptors (Lipinski definition) is 7. The Morgan fingerprint density at radius 2 is 2.18 bits per heavy atom. The molecule has 0 spiro atoms. The molecule has 7 nitrogen and oxygen atoms in total. The van der Waals surface area contributed by atoms with Gasteiger partial charge in [-0.1, -0.05) is 12.1 Å². The molecule has 0 radical (unpaired) electrons. The molecule has 0 aliphatic rings. The molecule has 4 aromatic rings. The molecular formula is C20H18N4O3S. The fraction of sp³-hybridized carbons (Fsp3) is 0.200. The largest absolute Gasteiger partial charge is 0.423 e. The Balaban J connectivity index is 1.41. The molecule has 0 bridgehead atoms. The second-order valence-electron chi connectivity index (χ2n) is 6.15. The Labute approximate surface area is 165 Å². The lowest BCUT2D eigenvalue weighted by molar-refractivity contribution is -0.115. The highest BCUT2D eigenvalue weighted by Gasteiger charge is 2.13. The summed E-state index contributed by atoms with van der Waals surface area (Å²) in [5.74, 6) is -0.232. The number of ether oxygens (including phenoxy) is 1. The molecule has 0 aliphatic heterocycles. The minimum atomic E-state index is -0.232. The monoisotopic (exact) mass is 394 g/mol. The predicted octanol–water partition coefficient (Wildman–Crippen LogP) is 3.72. The number of methoxy groups -OCH3 is 1.